The third-order valence-corrected chi connectivity index (χ3v) is 4.02. The molecule has 6 heteroatoms. The average molecular weight is 302 g/mol. The van der Waals surface area contributed by atoms with Crippen molar-refractivity contribution in [1.29, 1.82) is 0 Å². The minimum Gasteiger partial charge on any atom is -0.385 e. The van der Waals surface area contributed by atoms with Crippen molar-refractivity contribution in [3.05, 3.63) is 29.8 Å². The second-order valence-corrected chi connectivity index (χ2v) is 7.63. The first kappa shape index (κ1) is 17.1. The van der Waals surface area contributed by atoms with Crippen molar-refractivity contribution in [1.82, 2.24) is 0 Å². The molecule has 3 N–H and O–H groups in total. The lowest BCUT2D eigenvalue weighted by atomic mass is 10.1. The van der Waals surface area contributed by atoms with Crippen LogP contribution in [0.1, 0.15) is 26.3 Å². The van der Waals surface area contributed by atoms with Crippen LogP contribution in [0.5, 0.6) is 0 Å². The molecule has 0 heterocycles. The highest BCUT2D eigenvalue weighted by Gasteiger charge is 2.20. The van der Waals surface area contributed by atoms with Gasteiger partial charge in [-0.25, -0.2) is 0 Å². The molecule has 0 radical (unpaired) electrons. The van der Waals surface area contributed by atoms with E-state index in [1.807, 2.05) is 33.0 Å². The summed E-state index contributed by atoms with van der Waals surface area (Å²) in [6.45, 7) is 8.09. The highest BCUT2D eigenvalue weighted by Crippen LogP contribution is 2.13. The molecule has 0 aromatic heterocycles. The van der Waals surface area contributed by atoms with Gasteiger partial charge >= 0.3 is 0 Å². The van der Waals surface area contributed by atoms with Crippen LogP contribution in [0.15, 0.2) is 29.2 Å². The van der Waals surface area contributed by atoms with Gasteiger partial charge in [0, 0.05) is 0 Å². The second-order valence-electron chi connectivity index (χ2n) is 6.01. The third-order valence-electron chi connectivity index (χ3n) is 2.73. The molecule has 0 aliphatic carbocycles. The number of rotatable bonds is 6. The molecule has 0 aliphatic heterocycles. The van der Waals surface area contributed by atoms with E-state index >= 15 is 0 Å². The zero-order chi connectivity index (χ0) is 15.4. The van der Waals surface area contributed by atoms with Gasteiger partial charge in [0.2, 0.25) is 0 Å². The fraction of sp³-hybridized carbons (Fsp3) is 0.571. The van der Waals surface area contributed by atoms with Crippen LogP contribution in [0, 0.1) is 6.92 Å². The molecule has 0 spiro atoms. The van der Waals surface area contributed by atoms with Gasteiger partial charge < -0.3 is 10.4 Å². The van der Waals surface area contributed by atoms with Crippen molar-refractivity contribution in [3.63, 3.8) is 0 Å². The normalized spacial score (nSPS) is 14.2. The fourth-order valence-electron chi connectivity index (χ4n) is 1.50. The van der Waals surface area contributed by atoms with E-state index in [1.54, 1.807) is 12.1 Å². The zero-order valence-electron chi connectivity index (χ0n) is 12.5. The maximum absolute atomic E-state index is 11.9. The van der Waals surface area contributed by atoms with E-state index in [0.29, 0.717) is 6.54 Å². The van der Waals surface area contributed by atoms with Crippen molar-refractivity contribution in [2.24, 2.45) is 0 Å². The number of quaternary nitrogens is 1. The van der Waals surface area contributed by atoms with E-state index < -0.39 is 16.2 Å². The molecule has 114 valence electrons. The maximum Gasteiger partial charge on any atom is 0.297 e. The molecule has 1 atom stereocenters. The van der Waals surface area contributed by atoms with Gasteiger partial charge in [-0.05, 0) is 39.8 Å². The highest BCUT2D eigenvalue weighted by atomic mass is 32.2. The molecule has 0 saturated carbocycles. The second kappa shape index (κ2) is 6.67. The Morgan fingerprint density at radius 1 is 1.25 bits per heavy atom. The number of benzene rings is 1. The van der Waals surface area contributed by atoms with Crippen molar-refractivity contribution in [3.8, 4) is 0 Å². The first-order valence-electron chi connectivity index (χ1n) is 6.59. The number of nitrogens with two attached hydrogens (primary N) is 1. The van der Waals surface area contributed by atoms with Gasteiger partial charge in [-0.3, -0.25) is 4.18 Å². The van der Waals surface area contributed by atoms with Gasteiger partial charge in [0.1, 0.15) is 12.6 Å². The van der Waals surface area contributed by atoms with Gasteiger partial charge in [-0.15, -0.1) is 0 Å². The van der Waals surface area contributed by atoms with Gasteiger partial charge in [-0.1, -0.05) is 17.7 Å². The number of aliphatic hydroxyl groups is 1. The summed E-state index contributed by atoms with van der Waals surface area (Å²) >= 11 is 0. The molecule has 1 aromatic rings. The van der Waals surface area contributed by atoms with Crippen molar-refractivity contribution in [2.45, 2.75) is 44.2 Å². The van der Waals surface area contributed by atoms with E-state index in [0.717, 1.165) is 5.56 Å². The summed E-state index contributed by atoms with van der Waals surface area (Å²) in [7, 11) is -3.80. The third kappa shape index (κ3) is 6.00. The van der Waals surface area contributed by atoms with Gasteiger partial charge in [0.05, 0.1) is 17.0 Å². The van der Waals surface area contributed by atoms with Crippen LogP contribution in [-0.2, 0) is 14.3 Å². The van der Waals surface area contributed by atoms with Crippen LogP contribution in [-0.4, -0.2) is 38.3 Å². The van der Waals surface area contributed by atoms with Crippen molar-refractivity contribution >= 4 is 10.1 Å². The zero-order valence-corrected chi connectivity index (χ0v) is 13.3. The Hall–Kier alpha value is -0.950. The lowest BCUT2D eigenvalue weighted by Crippen LogP contribution is -2.96. The SMILES string of the molecule is Cc1ccc(S(=O)(=O)OC[C@@H](O)C[NH2+]C(C)(C)C)cc1. The van der Waals surface area contributed by atoms with Crippen LogP contribution in [0.4, 0.5) is 0 Å². The summed E-state index contributed by atoms with van der Waals surface area (Å²) in [6.07, 6.45) is -0.825. The fourth-order valence-corrected chi connectivity index (χ4v) is 2.44. The number of aryl methyl sites for hydroxylation is 1. The van der Waals surface area contributed by atoms with Gasteiger partial charge in [0.25, 0.3) is 10.1 Å². The number of hydrogen-bond donors (Lipinski definition) is 2. The van der Waals surface area contributed by atoms with E-state index in [-0.39, 0.29) is 17.0 Å². The minimum atomic E-state index is -3.80. The molecule has 0 amide bonds. The Morgan fingerprint density at radius 3 is 2.30 bits per heavy atom. The molecule has 1 aromatic carbocycles. The molecule has 0 saturated heterocycles. The Morgan fingerprint density at radius 2 is 1.80 bits per heavy atom. The predicted molar refractivity (Wildman–Crippen MR) is 76.9 cm³/mol. The summed E-state index contributed by atoms with van der Waals surface area (Å²) < 4.78 is 28.7. The standard InChI is InChI=1S/C14H23NO4S/c1-11-5-7-13(8-6-11)20(17,18)19-10-12(16)9-15-14(2,3)4/h5-8,12,15-16H,9-10H2,1-4H3/p+1/t12-/m0/s1. The van der Waals surface area contributed by atoms with Crippen molar-refractivity contribution < 1.29 is 23.0 Å². The van der Waals surface area contributed by atoms with Crippen LogP contribution in [0.25, 0.3) is 0 Å². The Labute approximate surface area is 121 Å². The summed E-state index contributed by atoms with van der Waals surface area (Å²) in [6, 6.07) is 6.41. The van der Waals surface area contributed by atoms with Crippen LogP contribution < -0.4 is 5.32 Å². The Kier molecular flexibility index (Phi) is 5.70. The predicted octanol–water partition coefficient (Wildman–Crippen LogP) is 0.423. The number of aliphatic hydroxyl groups excluding tert-OH is 1. The number of hydrogen-bond acceptors (Lipinski definition) is 4. The highest BCUT2D eigenvalue weighted by molar-refractivity contribution is 7.86. The molecule has 1 rings (SSSR count). The molecular formula is C14H24NO4S+. The summed E-state index contributed by atoms with van der Waals surface area (Å²) in [5.74, 6) is 0. The monoisotopic (exact) mass is 302 g/mol. The van der Waals surface area contributed by atoms with E-state index in [9.17, 15) is 13.5 Å². The molecule has 0 unspecified atom stereocenters. The Bertz CT molecular complexity index is 517. The van der Waals surface area contributed by atoms with Crippen molar-refractivity contribution in [2.75, 3.05) is 13.2 Å². The minimum absolute atomic E-state index is 0.0171. The van der Waals surface area contributed by atoms with E-state index in [1.165, 1.54) is 12.1 Å². The van der Waals surface area contributed by atoms with Gasteiger partial charge in [-0.2, -0.15) is 8.42 Å². The smallest absolute Gasteiger partial charge is 0.297 e. The van der Waals surface area contributed by atoms with E-state index in [2.05, 4.69) is 0 Å². The lowest BCUT2D eigenvalue weighted by molar-refractivity contribution is -0.722. The molecule has 20 heavy (non-hydrogen) atoms. The van der Waals surface area contributed by atoms with E-state index in [4.69, 9.17) is 4.18 Å². The molecular weight excluding hydrogens is 278 g/mol. The summed E-state index contributed by atoms with van der Waals surface area (Å²) in [4.78, 5) is 0.107. The first-order valence-corrected chi connectivity index (χ1v) is 7.99. The largest absolute Gasteiger partial charge is 0.385 e. The first-order chi connectivity index (χ1) is 9.10. The summed E-state index contributed by atoms with van der Waals surface area (Å²) in [5.41, 5.74) is 0.959. The lowest BCUT2D eigenvalue weighted by Gasteiger charge is -2.19. The maximum atomic E-state index is 11.9. The van der Waals surface area contributed by atoms with Crippen LogP contribution in [0.3, 0.4) is 0 Å². The summed E-state index contributed by atoms with van der Waals surface area (Å²) in [5, 5.41) is 11.7. The quantitative estimate of drug-likeness (QED) is 0.747. The topological polar surface area (TPSA) is 80.2 Å². The van der Waals surface area contributed by atoms with Crippen LogP contribution in [0.2, 0.25) is 0 Å². The van der Waals surface area contributed by atoms with Gasteiger partial charge in [0.15, 0.2) is 0 Å². The molecule has 0 aliphatic rings. The molecule has 0 bridgehead atoms. The molecule has 0 fully saturated rings. The molecule has 5 nitrogen and oxygen atoms in total. The average Bonchev–Trinajstić information content (AvgIpc) is 2.34. The van der Waals surface area contributed by atoms with Crippen LogP contribution >= 0.6 is 0 Å². The Balaban J connectivity index is 2.53.